The molecule has 0 atom stereocenters. The summed E-state index contributed by atoms with van der Waals surface area (Å²) in [7, 11) is 0. The van der Waals surface area contributed by atoms with Crippen molar-refractivity contribution in [3.63, 3.8) is 0 Å². The van der Waals surface area contributed by atoms with Gasteiger partial charge in [-0.15, -0.1) is 11.3 Å². The van der Waals surface area contributed by atoms with E-state index in [9.17, 15) is 0 Å². The van der Waals surface area contributed by atoms with Gasteiger partial charge in [-0.05, 0) is 25.5 Å². The number of thiazole rings is 1. The van der Waals surface area contributed by atoms with E-state index in [1.54, 1.807) is 0 Å². The highest BCUT2D eigenvalue weighted by molar-refractivity contribution is 7.13. The van der Waals surface area contributed by atoms with Crippen molar-refractivity contribution < 1.29 is 4.74 Å². The fourth-order valence-electron chi connectivity index (χ4n) is 1.85. The van der Waals surface area contributed by atoms with Crippen LogP contribution in [0.1, 0.15) is 28.1 Å². The Kier molecular flexibility index (Phi) is 4.74. The van der Waals surface area contributed by atoms with Crippen LogP contribution in [0.25, 0.3) is 0 Å². The maximum atomic E-state index is 7.54. The zero-order valence-electron chi connectivity index (χ0n) is 11.8. The molecule has 4 nitrogen and oxygen atoms in total. The van der Waals surface area contributed by atoms with Gasteiger partial charge in [0, 0.05) is 6.42 Å². The Morgan fingerprint density at radius 1 is 1.35 bits per heavy atom. The summed E-state index contributed by atoms with van der Waals surface area (Å²) in [6.45, 7) is 4.65. The number of nitrogens with zero attached hydrogens (tertiary/aromatic N) is 1. The summed E-state index contributed by atoms with van der Waals surface area (Å²) in [6, 6.07) is 7.99. The maximum absolute atomic E-state index is 7.54. The van der Waals surface area contributed by atoms with Crippen LogP contribution in [0.2, 0.25) is 0 Å². The normalized spacial score (nSPS) is 10.5. The van der Waals surface area contributed by atoms with Crippen molar-refractivity contribution in [2.24, 2.45) is 5.73 Å². The third kappa shape index (κ3) is 3.57. The zero-order chi connectivity index (χ0) is 14.5. The second-order valence-corrected chi connectivity index (χ2v) is 5.65. The predicted octanol–water partition coefficient (Wildman–Crippen LogP) is 2.92. The maximum Gasteiger partial charge on any atom is 0.135 e. The fourth-order valence-corrected chi connectivity index (χ4v) is 2.84. The van der Waals surface area contributed by atoms with Gasteiger partial charge in [-0.2, -0.15) is 0 Å². The Bertz CT molecular complexity index is 590. The number of nitrogens with two attached hydrogens (primary N) is 1. The van der Waals surface area contributed by atoms with Crippen LogP contribution in [0.15, 0.2) is 24.3 Å². The molecule has 0 amide bonds. The Morgan fingerprint density at radius 3 is 2.60 bits per heavy atom. The molecule has 0 radical (unpaired) electrons. The monoisotopic (exact) mass is 289 g/mol. The molecule has 0 aliphatic heterocycles. The Balaban J connectivity index is 1.94. The topological polar surface area (TPSA) is 72.0 Å². The molecule has 1 aromatic heterocycles. The number of aryl methyl sites for hydroxylation is 2. The number of rotatable bonds is 6. The Hall–Kier alpha value is -1.88. The molecule has 5 heteroatoms. The van der Waals surface area contributed by atoms with E-state index in [0.717, 1.165) is 34.2 Å². The van der Waals surface area contributed by atoms with E-state index in [1.165, 1.54) is 16.9 Å². The number of hydrogen-bond donors (Lipinski definition) is 2. The van der Waals surface area contributed by atoms with Gasteiger partial charge in [0.1, 0.15) is 11.6 Å². The van der Waals surface area contributed by atoms with Gasteiger partial charge in [0.25, 0.3) is 0 Å². The molecule has 2 aromatic rings. The van der Waals surface area contributed by atoms with Gasteiger partial charge in [0.15, 0.2) is 0 Å². The summed E-state index contributed by atoms with van der Waals surface area (Å²) in [4.78, 5) is 5.30. The van der Waals surface area contributed by atoms with Gasteiger partial charge in [0.05, 0.1) is 22.2 Å². The average molecular weight is 289 g/mol. The zero-order valence-corrected chi connectivity index (χ0v) is 12.6. The van der Waals surface area contributed by atoms with E-state index in [1.807, 2.05) is 31.2 Å². The highest BCUT2D eigenvalue weighted by atomic mass is 32.1. The summed E-state index contributed by atoms with van der Waals surface area (Å²) in [6.07, 6.45) is 1.53. The third-order valence-electron chi connectivity index (χ3n) is 2.93. The molecule has 2 rings (SSSR count). The molecule has 0 saturated carbocycles. The highest BCUT2D eigenvalue weighted by Crippen LogP contribution is 2.20. The minimum atomic E-state index is 0.102. The van der Waals surface area contributed by atoms with Crippen LogP contribution in [0.4, 0.5) is 0 Å². The quantitative estimate of drug-likeness (QED) is 0.634. The van der Waals surface area contributed by atoms with Crippen molar-refractivity contribution in [1.29, 1.82) is 5.41 Å². The van der Waals surface area contributed by atoms with Crippen LogP contribution in [0.3, 0.4) is 0 Å². The SMILES string of the molecule is CCc1nc(CCOc2ccc(C)cc2)sc1C(=N)N. The second kappa shape index (κ2) is 6.52. The van der Waals surface area contributed by atoms with Crippen LogP contribution >= 0.6 is 11.3 Å². The number of aromatic nitrogens is 1. The molecule has 0 aliphatic rings. The molecule has 20 heavy (non-hydrogen) atoms. The molecule has 0 fully saturated rings. The van der Waals surface area contributed by atoms with Crippen molar-refractivity contribution in [3.05, 3.63) is 45.4 Å². The van der Waals surface area contributed by atoms with E-state index in [0.29, 0.717) is 6.61 Å². The standard InChI is InChI=1S/C15H19N3OS/c1-3-12-14(15(16)17)20-13(18-12)8-9-19-11-6-4-10(2)5-7-11/h4-7H,3,8-9H2,1-2H3,(H3,16,17). The molecule has 0 aliphatic carbocycles. The second-order valence-electron chi connectivity index (χ2n) is 4.56. The number of nitrogens with one attached hydrogen (secondary N) is 1. The lowest BCUT2D eigenvalue weighted by atomic mass is 10.2. The fraction of sp³-hybridized carbons (Fsp3) is 0.333. The van der Waals surface area contributed by atoms with E-state index < -0.39 is 0 Å². The third-order valence-corrected chi connectivity index (χ3v) is 4.12. The number of nitrogen functional groups attached to an aromatic ring is 1. The van der Waals surface area contributed by atoms with E-state index in [2.05, 4.69) is 11.9 Å². The molecule has 0 unspecified atom stereocenters. The van der Waals surface area contributed by atoms with Gasteiger partial charge in [-0.3, -0.25) is 5.41 Å². The van der Waals surface area contributed by atoms with Crippen LogP contribution < -0.4 is 10.5 Å². The van der Waals surface area contributed by atoms with Crippen LogP contribution in [0.5, 0.6) is 5.75 Å². The number of hydrogen-bond acceptors (Lipinski definition) is 4. The van der Waals surface area contributed by atoms with Crippen LogP contribution in [0, 0.1) is 12.3 Å². The molecule has 0 spiro atoms. The van der Waals surface area contributed by atoms with E-state index >= 15 is 0 Å². The Morgan fingerprint density at radius 2 is 2.05 bits per heavy atom. The first kappa shape index (κ1) is 14.5. The molecular formula is C15H19N3OS. The average Bonchev–Trinajstić information content (AvgIpc) is 2.84. The Labute approximate surface area is 123 Å². The van der Waals surface area contributed by atoms with E-state index in [4.69, 9.17) is 15.9 Å². The lowest BCUT2D eigenvalue weighted by molar-refractivity contribution is 0.321. The van der Waals surface area contributed by atoms with Gasteiger partial charge < -0.3 is 10.5 Å². The summed E-state index contributed by atoms with van der Waals surface area (Å²) < 4.78 is 5.69. The summed E-state index contributed by atoms with van der Waals surface area (Å²) >= 11 is 1.49. The lowest BCUT2D eigenvalue weighted by Crippen LogP contribution is -2.11. The number of benzene rings is 1. The van der Waals surface area contributed by atoms with Gasteiger partial charge in [0.2, 0.25) is 0 Å². The lowest BCUT2D eigenvalue weighted by Gasteiger charge is -2.04. The predicted molar refractivity (Wildman–Crippen MR) is 82.9 cm³/mol. The molecular weight excluding hydrogens is 270 g/mol. The first-order valence-electron chi connectivity index (χ1n) is 6.62. The minimum absolute atomic E-state index is 0.102. The van der Waals surface area contributed by atoms with Gasteiger partial charge >= 0.3 is 0 Å². The number of amidine groups is 1. The van der Waals surface area contributed by atoms with Crippen LogP contribution in [-0.2, 0) is 12.8 Å². The van der Waals surface area contributed by atoms with Crippen molar-refractivity contribution in [2.75, 3.05) is 6.61 Å². The smallest absolute Gasteiger partial charge is 0.135 e. The molecule has 106 valence electrons. The van der Waals surface area contributed by atoms with Crippen molar-refractivity contribution in [3.8, 4) is 5.75 Å². The van der Waals surface area contributed by atoms with Crippen LogP contribution in [-0.4, -0.2) is 17.4 Å². The molecule has 0 saturated heterocycles. The van der Waals surface area contributed by atoms with Crippen molar-refractivity contribution in [2.45, 2.75) is 26.7 Å². The summed E-state index contributed by atoms with van der Waals surface area (Å²) in [5.74, 6) is 0.972. The summed E-state index contributed by atoms with van der Waals surface area (Å²) in [5, 5.41) is 8.51. The van der Waals surface area contributed by atoms with E-state index in [-0.39, 0.29) is 5.84 Å². The minimum Gasteiger partial charge on any atom is -0.493 e. The van der Waals surface area contributed by atoms with Gasteiger partial charge in [-0.25, -0.2) is 4.98 Å². The molecule has 0 bridgehead atoms. The van der Waals surface area contributed by atoms with Gasteiger partial charge in [-0.1, -0.05) is 24.6 Å². The highest BCUT2D eigenvalue weighted by Gasteiger charge is 2.11. The molecule has 1 heterocycles. The largest absolute Gasteiger partial charge is 0.493 e. The first-order valence-corrected chi connectivity index (χ1v) is 7.44. The van der Waals surface area contributed by atoms with Crippen molar-refractivity contribution >= 4 is 17.2 Å². The molecule has 3 N–H and O–H groups in total. The first-order chi connectivity index (χ1) is 9.60. The number of ether oxygens (including phenoxy) is 1. The molecule has 1 aromatic carbocycles. The van der Waals surface area contributed by atoms with Crippen molar-refractivity contribution in [1.82, 2.24) is 4.98 Å². The summed E-state index contributed by atoms with van der Waals surface area (Å²) in [5.41, 5.74) is 7.69.